The molecule has 5 nitrogen and oxygen atoms in total. The van der Waals surface area contributed by atoms with Gasteiger partial charge in [0.05, 0.1) is 11.8 Å². The van der Waals surface area contributed by atoms with Crippen molar-refractivity contribution in [1.29, 1.82) is 0 Å². The molecule has 0 aliphatic carbocycles. The summed E-state index contributed by atoms with van der Waals surface area (Å²) in [4.78, 5) is 14.0. The summed E-state index contributed by atoms with van der Waals surface area (Å²) in [5.41, 5.74) is 3.46. The molecule has 4 N–H and O–H groups in total. The van der Waals surface area contributed by atoms with Crippen LogP contribution in [0.5, 0.6) is 5.75 Å². The van der Waals surface area contributed by atoms with Crippen molar-refractivity contribution in [2.75, 3.05) is 0 Å². The zero-order valence-corrected chi connectivity index (χ0v) is 7.44. The molecule has 0 saturated heterocycles. The van der Waals surface area contributed by atoms with Gasteiger partial charge in [-0.2, -0.15) is 0 Å². The van der Waals surface area contributed by atoms with Crippen LogP contribution in [0.15, 0.2) is 6.20 Å². The average Bonchev–Trinajstić information content (AvgIpc) is 2.15. The summed E-state index contributed by atoms with van der Waals surface area (Å²) in [6.07, 6.45) is -2.32. The van der Waals surface area contributed by atoms with E-state index in [0.29, 0.717) is 6.20 Å². The Hall–Kier alpha value is -1.76. The molecule has 0 amide bonds. The van der Waals surface area contributed by atoms with E-state index in [-0.39, 0.29) is 5.56 Å². The van der Waals surface area contributed by atoms with Gasteiger partial charge in [-0.3, -0.25) is 0 Å². The number of aromatic hydroxyl groups is 1. The first-order valence-electron chi connectivity index (χ1n) is 3.91. The van der Waals surface area contributed by atoms with E-state index in [1.54, 1.807) is 0 Å². The topological polar surface area (TPSA) is 96.4 Å². The third kappa shape index (κ3) is 2.01. The lowest BCUT2D eigenvalue weighted by atomic mass is 10.1. The minimum absolute atomic E-state index is 0.350. The van der Waals surface area contributed by atoms with E-state index in [9.17, 15) is 13.6 Å². The maximum atomic E-state index is 12.5. The molecule has 0 saturated carbocycles. The van der Waals surface area contributed by atoms with E-state index >= 15 is 0 Å². The lowest BCUT2D eigenvalue weighted by molar-refractivity contribution is 0.0688. The van der Waals surface area contributed by atoms with E-state index in [2.05, 4.69) is 4.98 Å². The lowest BCUT2D eigenvalue weighted by Gasteiger charge is -2.10. The molecule has 1 heterocycles. The van der Waals surface area contributed by atoms with Gasteiger partial charge in [-0.25, -0.2) is 18.6 Å². The fourth-order valence-corrected chi connectivity index (χ4v) is 1.19. The number of carbonyl (C=O) groups is 1. The zero-order valence-electron chi connectivity index (χ0n) is 7.44. The van der Waals surface area contributed by atoms with E-state index in [4.69, 9.17) is 15.9 Å². The second-order valence-electron chi connectivity index (χ2n) is 2.69. The van der Waals surface area contributed by atoms with Gasteiger partial charge in [-0.05, 0) is 0 Å². The molecular weight excluding hydrogens is 210 g/mol. The van der Waals surface area contributed by atoms with Crippen molar-refractivity contribution in [3.05, 3.63) is 23.0 Å². The highest BCUT2D eigenvalue weighted by Gasteiger charge is 2.23. The molecule has 15 heavy (non-hydrogen) atoms. The normalized spacial score (nSPS) is 10.7. The molecule has 0 aromatic carbocycles. The number of rotatable bonds is 3. The first-order chi connectivity index (χ1) is 6.99. The van der Waals surface area contributed by atoms with Crippen molar-refractivity contribution in [3.8, 4) is 5.75 Å². The fourth-order valence-electron chi connectivity index (χ4n) is 1.19. The van der Waals surface area contributed by atoms with Crippen LogP contribution in [0.1, 0.15) is 28.0 Å². The van der Waals surface area contributed by atoms with Crippen molar-refractivity contribution in [1.82, 2.24) is 4.98 Å². The number of alkyl halides is 2. The number of carboxylic acid groups (broad SMARTS) is 1. The molecule has 0 aliphatic rings. The molecule has 1 aromatic rings. The van der Waals surface area contributed by atoms with E-state index in [1.807, 2.05) is 0 Å². The van der Waals surface area contributed by atoms with Crippen LogP contribution >= 0.6 is 0 Å². The van der Waals surface area contributed by atoms with Crippen molar-refractivity contribution < 1.29 is 23.8 Å². The van der Waals surface area contributed by atoms with Crippen molar-refractivity contribution in [2.24, 2.45) is 5.73 Å². The van der Waals surface area contributed by atoms with Crippen LogP contribution < -0.4 is 5.73 Å². The number of nitrogens with two attached hydrogens (primary N) is 1. The Bertz CT molecular complexity index is 396. The Morgan fingerprint density at radius 2 is 2.20 bits per heavy atom. The molecule has 1 rings (SSSR count). The highest BCUT2D eigenvalue weighted by Crippen LogP contribution is 2.31. The Morgan fingerprint density at radius 1 is 1.60 bits per heavy atom. The van der Waals surface area contributed by atoms with Crippen molar-refractivity contribution >= 4 is 5.97 Å². The summed E-state index contributed by atoms with van der Waals surface area (Å²) in [5.74, 6) is -2.22. The van der Waals surface area contributed by atoms with Gasteiger partial charge >= 0.3 is 5.97 Å². The van der Waals surface area contributed by atoms with Gasteiger partial charge in [0.1, 0.15) is 5.75 Å². The standard InChI is InChI=1S/C8H8F2N2O3/c9-7(10)5-3(1-11)6(8(14)15)12-2-4(5)13/h2,7,13H,1,11H2,(H,14,15). The third-order valence-corrected chi connectivity index (χ3v) is 1.83. The molecule has 0 bridgehead atoms. The number of hydrogen-bond donors (Lipinski definition) is 3. The number of carboxylic acids is 1. The quantitative estimate of drug-likeness (QED) is 0.699. The lowest BCUT2D eigenvalue weighted by Crippen LogP contribution is -2.13. The molecule has 0 spiro atoms. The first kappa shape index (κ1) is 11.3. The molecule has 0 unspecified atom stereocenters. The summed E-state index contributed by atoms with van der Waals surface area (Å²) in [6.45, 7) is -0.428. The summed E-state index contributed by atoms with van der Waals surface area (Å²) >= 11 is 0. The first-order valence-corrected chi connectivity index (χ1v) is 3.91. The molecule has 1 aromatic heterocycles. The van der Waals surface area contributed by atoms with Crippen LogP contribution in [0, 0.1) is 0 Å². The largest absolute Gasteiger partial charge is 0.506 e. The smallest absolute Gasteiger partial charge is 0.354 e. The van der Waals surface area contributed by atoms with Crippen molar-refractivity contribution in [2.45, 2.75) is 13.0 Å². The number of halogens is 2. The van der Waals surface area contributed by atoms with Crippen LogP contribution in [0.2, 0.25) is 0 Å². The van der Waals surface area contributed by atoms with Crippen molar-refractivity contribution in [3.63, 3.8) is 0 Å². The van der Waals surface area contributed by atoms with Crippen LogP contribution in [0.3, 0.4) is 0 Å². The maximum Gasteiger partial charge on any atom is 0.354 e. The van der Waals surface area contributed by atoms with Crippen LogP contribution in [-0.4, -0.2) is 21.2 Å². The highest BCUT2D eigenvalue weighted by atomic mass is 19.3. The number of pyridine rings is 1. The second kappa shape index (κ2) is 4.18. The maximum absolute atomic E-state index is 12.5. The van der Waals surface area contributed by atoms with Crippen LogP contribution in [0.4, 0.5) is 8.78 Å². The molecular formula is C8H8F2N2O3. The van der Waals surface area contributed by atoms with Gasteiger partial charge in [-0.1, -0.05) is 0 Å². The Balaban J connectivity index is 3.47. The summed E-state index contributed by atoms with van der Waals surface area (Å²) in [5, 5.41) is 17.8. The molecule has 82 valence electrons. The molecule has 0 aliphatic heterocycles. The molecule has 0 atom stereocenters. The average molecular weight is 218 g/mol. The molecule has 0 radical (unpaired) electrons. The SMILES string of the molecule is NCc1c(C(=O)O)ncc(O)c1C(F)F. The number of hydrogen-bond acceptors (Lipinski definition) is 4. The monoisotopic (exact) mass is 218 g/mol. The van der Waals surface area contributed by atoms with Gasteiger partial charge in [0.25, 0.3) is 6.43 Å². The minimum Gasteiger partial charge on any atom is -0.506 e. The Morgan fingerprint density at radius 3 is 2.60 bits per heavy atom. The van der Waals surface area contributed by atoms with E-state index in [0.717, 1.165) is 0 Å². The summed E-state index contributed by atoms with van der Waals surface area (Å²) in [6, 6.07) is 0. The number of aromatic carboxylic acids is 1. The van der Waals surface area contributed by atoms with Gasteiger partial charge in [0, 0.05) is 12.1 Å². The van der Waals surface area contributed by atoms with E-state index < -0.39 is 35.9 Å². The van der Waals surface area contributed by atoms with Gasteiger partial charge < -0.3 is 15.9 Å². The van der Waals surface area contributed by atoms with Gasteiger partial charge in [0.15, 0.2) is 5.69 Å². The minimum atomic E-state index is -3.00. The van der Waals surface area contributed by atoms with Crippen LogP contribution in [-0.2, 0) is 6.54 Å². The number of nitrogens with zero attached hydrogens (tertiary/aromatic N) is 1. The zero-order chi connectivity index (χ0) is 11.6. The Kier molecular flexibility index (Phi) is 3.15. The predicted molar refractivity (Wildman–Crippen MR) is 45.7 cm³/mol. The third-order valence-electron chi connectivity index (χ3n) is 1.83. The highest BCUT2D eigenvalue weighted by molar-refractivity contribution is 5.87. The van der Waals surface area contributed by atoms with Gasteiger partial charge in [0.2, 0.25) is 0 Å². The van der Waals surface area contributed by atoms with E-state index in [1.165, 1.54) is 0 Å². The summed E-state index contributed by atoms with van der Waals surface area (Å²) < 4.78 is 25.0. The van der Waals surface area contributed by atoms with Gasteiger partial charge in [-0.15, -0.1) is 0 Å². The number of aromatic nitrogens is 1. The van der Waals surface area contributed by atoms with Crippen LogP contribution in [0.25, 0.3) is 0 Å². The summed E-state index contributed by atoms with van der Waals surface area (Å²) in [7, 11) is 0. The Labute approximate surface area is 83.2 Å². The predicted octanol–water partition coefficient (Wildman–Crippen LogP) is 0.882. The second-order valence-corrected chi connectivity index (χ2v) is 2.69. The molecule has 0 fully saturated rings. The molecule has 7 heteroatoms. The fraction of sp³-hybridized carbons (Fsp3) is 0.250.